The molecule has 152 valence electrons. The van der Waals surface area contributed by atoms with Crippen molar-refractivity contribution in [3.05, 3.63) is 23.5 Å². The zero-order valence-electron chi connectivity index (χ0n) is 16.3. The van der Waals surface area contributed by atoms with Crippen LogP contribution in [0, 0.1) is 12.7 Å². The van der Waals surface area contributed by atoms with Gasteiger partial charge in [0.05, 0.1) is 7.11 Å². The van der Waals surface area contributed by atoms with Crippen LogP contribution in [-0.2, 0) is 9.59 Å². The Balaban J connectivity index is 1.56. The average molecular weight is 392 g/mol. The number of hydrogen-bond donors (Lipinski definition) is 2. The number of nitrogens with zero attached hydrogens (tertiary/aromatic N) is 2. The van der Waals surface area contributed by atoms with Crippen LogP contribution in [0.3, 0.4) is 0 Å². The lowest BCUT2D eigenvalue weighted by molar-refractivity contribution is -0.132. The Labute approximate surface area is 163 Å². The average Bonchev–Trinajstić information content (AvgIpc) is 2.92. The molecule has 8 nitrogen and oxygen atoms in total. The number of carbonyl (C=O) groups excluding carboxylic acids is 3. The Morgan fingerprint density at radius 1 is 1.25 bits per heavy atom. The Morgan fingerprint density at radius 2 is 1.93 bits per heavy atom. The number of piperazine rings is 1. The fourth-order valence-electron chi connectivity index (χ4n) is 3.61. The third kappa shape index (κ3) is 3.88. The van der Waals surface area contributed by atoms with Gasteiger partial charge in [0.2, 0.25) is 5.91 Å². The van der Waals surface area contributed by atoms with E-state index in [2.05, 4.69) is 15.5 Å². The summed E-state index contributed by atoms with van der Waals surface area (Å²) < 4.78 is 18.9. The first kappa shape index (κ1) is 19.9. The van der Waals surface area contributed by atoms with E-state index in [1.165, 1.54) is 13.2 Å². The van der Waals surface area contributed by atoms with Crippen molar-refractivity contribution >= 4 is 23.5 Å². The predicted octanol–water partition coefficient (Wildman–Crippen LogP) is 1.17. The van der Waals surface area contributed by atoms with Gasteiger partial charge < -0.3 is 19.9 Å². The van der Waals surface area contributed by atoms with Gasteiger partial charge in [-0.1, -0.05) is 0 Å². The normalized spacial score (nSPS) is 22.1. The molecule has 2 heterocycles. The maximum atomic E-state index is 13.8. The quantitative estimate of drug-likeness (QED) is 0.734. The summed E-state index contributed by atoms with van der Waals surface area (Å²) in [7, 11) is 1.43. The molecule has 2 aliphatic heterocycles. The van der Waals surface area contributed by atoms with Crippen molar-refractivity contribution in [1.29, 1.82) is 0 Å². The summed E-state index contributed by atoms with van der Waals surface area (Å²) in [5.41, 5.74) is 0.660. The van der Waals surface area contributed by atoms with E-state index in [1.807, 2.05) is 6.92 Å². The molecule has 3 rings (SSSR count). The second kappa shape index (κ2) is 7.65. The second-order valence-electron chi connectivity index (χ2n) is 7.38. The lowest BCUT2D eigenvalue weighted by atomic mass is 9.96. The van der Waals surface area contributed by atoms with Crippen LogP contribution < -0.4 is 20.3 Å². The summed E-state index contributed by atoms with van der Waals surface area (Å²) in [6, 6.07) is 2.61. The maximum absolute atomic E-state index is 13.8. The summed E-state index contributed by atoms with van der Waals surface area (Å²) >= 11 is 0. The highest BCUT2D eigenvalue weighted by atomic mass is 19.1. The van der Waals surface area contributed by atoms with E-state index in [-0.39, 0.29) is 24.5 Å². The number of ether oxygens (including phenoxy) is 1. The van der Waals surface area contributed by atoms with Gasteiger partial charge >= 0.3 is 6.03 Å². The van der Waals surface area contributed by atoms with Crippen LogP contribution in [0.1, 0.15) is 25.3 Å². The first-order valence-electron chi connectivity index (χ1n) is 9.24. The summed E-state index contributed by atoms with van der Waals surface area (Å²) in [5.74, 6) is -0.655. The molecule has 1 aromatic carbocycles. The van der Waals surface area contributed by atoms with Crippen molar-refractivity contribution in [3.63, 3.8) is 0 Å². The molecule has 2 fully saturated rings. The van der Waals surface area contributed by atoms with Crippen LogP contribution in [0.25, 0.3) is 0 Å². The lowest BCUT2D eigenvalue weighted by Crippen LogP contribution is -2.50. The largest absolute Gasteiger partial charge is 0.494 e. The molecular weight excluding hydrogens is 367 g/mol. The molecular formula is C19H25FN4O4. The van der Waals surface area contributed by atoms with Gasteiger partial charge in [0.25, 0.3) is 5.91 Å². The van der Waals surface area contributed by atoms with Gasteiger partial charge in [-0.25, -0.2) is 9.18 Å². The van der Waals surface area contributed by atoms with Crippen molar-refractivity contribution in [2.45, 2.75) is 32.2 Å². The molecule has 0 bridgehead atoms. The highest BCUT2D eigenvalue weighted by Crippen LogP contribution is 2.29. The van der Waals surface area contributed by atoms with Gasteiger partial charge in [0.15, 0.2) is 11.6 Å². The summed E-state index contributed by atoms with van der Waals surface area (Å²) in [6.45, 7) is 5.77. The standard InChI is InChI=1S/C19H25FN4O4/c1-12-10-13(20)15(28-3)11-14(12)23-6-8-24(9-7-23)16(25)4-5-19(2)17(26)21-18(27)22-19/h10-11H,4-9H2,1-3H3,(H2,21,22,26,27)/t19-/m1/s1. The topological polar surface area (TPSA) is 91.0 Å². The number of aryl methyl sites for hydroxylation is 1. The number of carbonyl (C=O) groups is 3. The van der Waals surface area contributed by atoms with Crippen LogP contribution in [-0.4, -0.2) is 61.6 Å². The fourth-order valence-corrected chi connectivity index (χ4v) is 3.61. The molecule has 1 atom stereocenters. The third-order valence-electron chi connectivity index (χ3n) is 5.40. The molecule has 28 heavy (non-hydrogen) atoms. The van der Waals surface area contributed by atoms with Gasteiger partial charge in [0.1, 0.15) is 5.54 Å². The van der Waals surface area contributed by atoms with E-state index in [1.54, 1.807) is 17.9 Å². The number of benzene rings is 1. The Bertz CT molecular complexity index is 807. The zero-order valence-corrected chi connectivity index (χ0v) is 16.3. The number of anilines is 1. The van der Waals surface area contributed by atoms with Crippen LogP contribution in [0.2, 0.25) is 0 Å². The number of nitrogens with one attached hydrogen (secondary N) is 2. The lowest BCUT2D eigenvalue weighted by Gasteiger charge is -2.37. The second-order valence-corrected chi connectivity index (χ2v) is 7.38. The molecule has 0 aromatic heterocycles. The van der Waals surface area contributed by atoms with E-state index < -0.39 is 23.3 Å². The number of imide groups is 1. The van der Waals surface area contributed by atoms with E-state index in [0.29, 0.717) is 26.2 Å². The van der Waals surface area contributed by atoms with Crippen molar-refractivity contribution in [2.75, 3.05) is 38.2 Å². The van der Waals surface area contributed by atoms with Gasteiger partial charge in [-0.15, -0.1) is 0 Å². The first-order valence-corrected chi connectivity index (χ1v) is 9.24. The SMILES string of the molecule is COc1cc(N2CCN(C(=O)CC[C@@]3(C)NC(=O)NC3=O)CC2)c(C)cc1F. The molecule has 9 heteroatoms. The molecule has 4 amide bonds. The fraction of sp³-hybridized carbons (Fsp3) is 0.526. The Hall–Kier alpha value is -2.84. The number of rotatable bonds is 5. The van der Waals surface area contributed by atoms with Gasteiger partial charge in [-0.05, 0) is 31.9 Å². The van der Waals surface area contributed by atoms with Gasteiger partial charge in [0, 0.05) is 44.4 Å². The van der Waals surface area contributed by atoms with Crippen LogP contribution >= 0.6 is 0 Å². The van der Waals surface area contributed by atoms with Crippen molar-refractivity contribution in [1.82, 2.24) is 15.5 Å². The molecule has 2 saturated heterocycles. The molecule has 0 unspecified atom stereocenters. The van der Waals surface area contributed by atoms with E-state index in [4.69, 9.17) is 4.74 Å². The van der Waals surface area contributed by atoms with Crippen LogP contribution in [0.4, 0.5) is 14.9 Å². The highest BCUT2D eigenvalue weighted by Gasteiger charge is 2.42. The van der Waals surface area contributed by atoms with Crippen LogP contribution in [0.5, 0.6) is 5.75 Å². The third-order valence-corrected chi connectivity index (χ3v) is 5.40. The van der Waals surface area contributed by atoms with Crippen LogP contribution in [0.15, 0.2) is 12.1 Å². The van der Waals surface area contributed by atoms with Gasteiger partial charge in [-0.3, -0.25) is 14.9 Å². The van der Waals surface area contributed by atoms with E-state index >= 15 is 0 Å². The first-order chi connectivity index (χ1) is 13.2. The maximum Gasteiger partial charge on any atom is 0.322 e. The number of methoxy groups -OCH3 is 1. The number of urea groups is 1. The summed E-state index contributed by atoms with van der Waals surface area (Å²) in [6.07, 6.45) is 0.422. The molecule has 1 aromatic rings. The van der Waals surface area contributed by atoms with E-state index in [0.717, 1.165) is 11.3 Å². The van der Waals surface area contributed by atoms with E-state index in [9.17, 15) is 18.8 Å². The van der Waals surface area contributed by atoms with Crippen molar-refractivity contribution in [2.24, 2.45) is 0 Å². The molecule has 0 spiro atoms. The Morgan fingerprint density at radius 3 is 2.50 bits per heavy atom. The minimum Gasteiger partial charge on any atom is -0.494 e. The summed E-state index contributed by atoms with van der Waals surface area (Å²) in [4.78, 5) is 39.5. The smallest absolute Gasteiger partial charge is 0.322 e. The van der Waals surface area contributed by atoms with Crippen molar-refractivity contribution < 1.29 is 23.5 Å². The minimum atomic E-state index is -1.05. The number of halogens is 1. The number of hydrogen-bond acceptors (Lipinski definition) is 5. The molecule has 0 radical (unpaired) electrons. The zero-order chi connectivity index (χ0) is 20.5. The minimum absolute atomic E-state index is 0.0526. The van der Waals surface area contributed by atoms with Crippen molar-refractivity contribution in [3.8, 4) is 5.75 Å². The Kier molecular flexibility index (Phi) is 5.44. The molecule has 2 aliphatic rings. The summed E-state index contributed by atoms with van der Waals surface area (Å²) in [5, 5.41) is 4.76. The number of amides is 4. The monoisotopic (exact) mass is 392 g/mol. The highest BCUT2D eigenvalue weighted by molar-refractivity contribution is 6.06. The molecule has 2 N–H and O–H groups in total. The molecule has 0 saturated carbocycles. The molecule has 0 aliphatic carbocycles. The predicted molar refractivity (Wildman–Crippen MR) is 101 cm³/mol. The van der Waals surface area contributed by atoms with Gasteiger partial charge in [-0.2, -0.15) is 0 Å².